The van der Waals surface area contributed by atoms with Crippen molar-refractivity contribution in [3.8, 4) is 11.8 Å². The van der Waals surface area contributed by atoms with Crippen LogP contribution in [0, 0.1) is 17.3 Å². The van der Waals surface area contributed by atoms with E-state index >= 15 is 0 Å². The van der Waals surface area contributed by atoms with Crippen LogP contribution in [0.15, 0.2) is 17.5 Å². The Morgan fingerprint density at radius 2 is 2.33 bits per heavy atom. The van der Waals surface area contributed by atoms with Gasteiger partial charge in [-0.05, 0) is 25.3 Å². The number of thiophene rings is 1. The molecule has 1 aromatic rings. The second-order valence-corrected chi connectivity index (χ2v) is 4.22. The Morgan fingerprint density at radius 1 is 1.58 bits per heavy atom. The van der Waals surface area contributed by atoms with Crippen LogP contribution in [0.5, 0.6) is 0 Å². The average molecular weight is 180 g/mol. The molecule has 0 atom stereocenters. The second kappa shape index (κ2) is 3.75. The minimum absolute atomic E-state index is 0.103. The van der Waals surface area contributed by atoms with Gasteiger partial charge < -0.3 is 5.11 Å². The predicted molar refractivity (Wildman–Crippen MR) is 52.1 cm³/mol. The van der Waals surface area contributed by atoms with Crippen molar-refractivity contribution in [1.29, 1.82) is 0 Å². The topological polar surface area (TPSA) is 20.2 Å². The van der Waals surface area contributed by atoms with Crippen LogP contribution in [0.3, 0.4) is 0 Å². The van der Waals surface area contributed by atoms with Crippen molar-refractivity contribution in [3.05, 3.63) is 22.4 Å². The van der Waals surface area contributed by atoms with Crippen LogP contribution in [0.2, 0.25) is 0 Å². The number of aliphatic hydroxyl groups is 1. The van der Waals surface area contributed by atoms with Gasteiger partial charge in [0.2, 0.25) is 0 Å². The first-order valence-electron chi connectivity index (χ1n) is 3.81. The lowest BCUT2D eigenvalue weighted by molar-refractivity contribution is 0.207. The van der Waals surface area contributed by atoms with E-state index in [2.05, 4.69) is 11.8 Å². The van der Waals surface area contributed by atoms with Crippen LogP contribution in [-0.4, -0.2) is 11.7 Å². The molecule has 0 spiro atoms. The number of rotatable bonds is 1. The number of hydrogen-bond acceptors (Lipinski definition) is 2. The summed E-state index contributed by atoms with van der Waals surface area (Å²) in [5, 5.41) is 10.9. The summed E-state index contributed by atoms with van der Waals surface area (Å²) in [6.45, 7) is 3.95. The minimum Gasteiger partial charge on any atom is -0.395 e. The summed E-state index contributed by atoms with van der Waals surface area (Å²) < 4.78 is 0. The molecule has 0 amide bonds. The molecule has 0 aliphatic carbocycles. The zero-order chi connectivity index (χ0) is 9.03. The van der Waals surface area contributed by atoms with E-state index in [1.807, 2.05) is 31.4 Å². The fraction of sp³-hybridized carbons (Fsp3) is 0.400. The van der Waals surface area contributed by atoms with Crippen molar-refractivity contribution >= 4 is 11.3 Å². The molecule has 0 bridgehead atoms. The first-order chi connectivity index (χ1) is 5.64. The molecule has 1 aromatic heterocycles. The van der Waals surface area contributed by atoms with Gasteiger partial charge in [0.1, 0.15) is 0 Å². The molecule has 0 unspecified atom stereocenters. The molecular formula is C10H12OS. The molecule has 0 fully saturated rings. The fourth-order valence-corrected chi connectivity index (χ4v) is 1.19. The lowest BCUT2D eigenvalue weighted by Gasteiger charge is -2.11. The van der Waals surface area contributed by atoms with Crippen LogP contribution >= 0.6 is 11.3 Å². The van der Waals surface area contributed by atoms with Crippen molar-refractivity contribution in [2.24, 2.45) is 5.41 Å². The Bertz CT molecular complexity index is 287. The Kier molecular flexibility index (Phi) is 2.91. The monoisotopic (exact) mass is 180 g/mol. The summed E-state index contributed by atoms with van der Waals surface area (Å²) in [6.07, 6.45) is 0. The summed E-state index contributed by atoms with van der Waals surface area (Å²) in [4.78, 5) is 1.05. The molecule has 2 heteroatoms. The van der Waals surface area contributed by atoms with E-state index in [0.29, 0.717) is 0 Å². The van der Waals surface area contributed by atoms with E-state index in [1.165, 1.54) is 0 Å². The van der Waals surface area contributed by atoms with E-state index in [-0.39, 0.29) is 12.0 Å². The molecule has 64 valence electrons. The number of aliphatic hydroxyl groups excluding tert-OH is 1. The van der Waals surface area contributed by atoms with Gasteiger partial charge in [-0.2, -0.15) is 0 Å². The largest absolute Gasteiger partial charge is 0.395 e. The molecule has 12 heavy (non-hydrogen) atoms. The van der Waals surface area contributed by atoms with E-state index < -0.39 is 0 Å². The Hall–Kier alpha value is -0.780. The molecule has 1 nitrogen and oxygen atoms in total. The van der Waals surface area contributed by atoms with Crippen LogP contribution in [-0.2, 0) is 0 Å². The maximum Gasteiger partial charge on any atom is 0.0768 e. The zero-order valence-corrected chi connectivity index (χ0v) is 8.11. The fourth-order valence-electron chi connectivity index (χ4n) is 0.620. The third-order valence-corrected chi connectivity index (χ3v) is 2.23. The molecule has 0 saturated carbocycles. The normalized spacial score (nSPS) is 10.6. The minimum atomic E-state index is -0.288. The van der Waals surface area contributed by atoms with E-state index in [9.17, 15) is 0 Å². The van der Waals surface area contributed by atoms with E-state index in [4.69, 9.17) is 5.11 Å². The van der Waals surface area contributed by atoms with Gasteiger partial charge >= 0.3 is 0 Å². The molecule has 0 aliphatic rings. The summed E-state index contributed by atoms with van der Waals surface area (Å²) in [5.74, 6) is 6.05. The van der Waals surface area contributed by atoms with Gasteiger partial charge in [-0.25, -0.2) is 0 Å². The Balaban J connectivity index is 2.72. The van der Waals surface area contributed by atoms with Gasteiger partial charge in [-0.15, -0.1) is 11.3 Å². The lowest BCUT2D eigenvalue weighted by Crippen LogP contribution is -2.13. The highest BCUT2D eigenvalue weighted by Gasteiger charge is 2.11. The Labute approximate surface area is 77.1 Å². The van der Waals surface area contributed by atoms with Gasteiger partial charge in [-0.3, -0.25) is 0 Å². The molecule has 0 saturated heterocycles. The van der Waals surface area contributed by atoms with Crippen LogP contribution in [0.25, 0.3) is 0 Å². The van der Waals surface area contributed by atoms with Gasteiger partial charge in [-0.1, -0.05) is 17.9 Å². The molecular weight excluding hydrogens is 168 g/mol. The van der Waals surface area contributed by atoms with Crippen molar-refractivity contribution in [2.45, 2.75) is 13.8 Å². The molecule has 1 N–H and O–H groups in total. The highest BCUT2D eigenvalue weighted by Crippen LogP contribution is 2.13. The van der Waals surface area contributed by atoms with Crippen LogP contribution in [0.4, 0.5) is 0 Å². The van der Waals surface area contributed by atoms with Crippen LogP contribution < -0.4 is 0 Å². The summed E-state index contributed by atoms with van der Waals surface area (Å²) in [5.41, 5.74) is -0.288. The third kappa shape index (κ3) is 2.69. The van der Waals surface area contributed by atoms with Crippen molar-refractivity contribution < 1.29 is 5.11 Å². The quantitative estimate of drug-likeness (QED) is 0.656. The maximum absolute atomic E-state index is 8.92. The molecule has 0 radical (unpaired) electrons. The highest BCUT2D eigenvalue weighted by atomic mass is 32.1. The zero-order valence-electron chi connectivity index (χ0n) is 7.29. The first-order valence-corrected chi connectivity index (χ1v) is 4.69. The second-order valence-electron chi connectivity index (χ2n) is 3.27. The maximum atomic E-state index is 8.92. The summed E-state index contributed by atoms with van der Waals surface area (Å²) in [7, 11) is 0. The molecule has 0 aromatic carbocycles. The summed E-state index contributed by atoms with van der Waals surface area (Å²) >= 11 is 1.62. The third-order valence-electron chi connectivity index (χ3n) is 1.44. The van der Waals surface area contributed by atoms with Crippen molar-refractivity contribution in [3.63, 3.8) is 0 Å². The predicted octanol–water partition coefficient (Wildman–Crippen LogP) is 2.12. The van der Waals surface area contributed by atoms with E-state index in [0.717, 1.165) is 4.88 Å². The van der Waals surface area contributed by atoms with Crippen molar-refractivity contribution in [2.75, 3.05) is 6.61 Å². The standard InChI is InChI=1S/C10H12OS/c1-10(2,8-11)6-5-9-4-3-7-12-9/h3-4,7,11H,8H2,1-2H3. The molecule has 1 rings (SSSR count). The van der Waals surface area contributed by atoms with E-state index in [1.54, 1.807) is 11.3 Å². The summed E-state index contributed by atoms with van der Waals surface area (Å²) in [6, 6.07) is 3.95. The SMILES string of the molecule is CC(C)(C#Cc1cccs1)CO. The Morgan fingerprint density at radius 3 is 2.83 bits per heavy atom. The number of hydrogen-bond donors (Lipinski definition) is 1. The highest BCUT2D eigenvalue weighted by molar-refractivity contribution is 7.10. The smallest absolute Gasteiger partial charge is 0.0768 e. The van der Waals surface area contributed by atoms with Crippen LogP contribution in [0.1, 0.15) is 18.7 Å². The van der Waals surface area contributed by atoms with Gasteiger partial charge in [0.05, 0.1) is 11.5 Å². The van der Waals surface area contributed by atoms with Gasteiger partial charge in [0.25, 0.3) is 0 Å². The van der Waals surface area contributed by atoms with Crippen molar-refractivity contribution in [1.82, 2.24) is 0 Å². The lowest BCUT2D eigenvalue weighted by atomic mass is 9.96. The molecule has 1 heterocycles. The van der Waals surface area contributed by atoms with Gasteiger partial charge in [0.15, 0.2) is 0 Å². The van der Waals surface area contributed by atoms with Gasteiger partial charge in [0, 0.05) is 5.41 Å². The first kappa shape index (κ1) is 9.31. The average Bonchev–Trinajstić information content (AvgIpc) is 2.53. The molecule has 0 aliphatic heterocycles.